The van der Waals surface area contributed by atoms with Gasteiger partial charge >= 0.3 is 5.97 Å². The first-order chi connectivity index (χ1) is 9.11. The molecule has 2 aromatic heterocycles. The normalized spacial score (nSPS) is 11.1. The molecule has 19 heavy (non-hydrogen) atoms. The fourth-order valence-corrected chi connectivity index (χ4v) is 2.22. The van der Waals surface area contributed by atoms with Gasteiger partial charge in [-0.2, -0.15) is 0 Å². The van der Waals surface area contributed by atoms with Crippen LogP contribution >= 0.6 is 15.9 Å². The third kappa shape index (κ3) is 3.30. The minimum absolute atomic E-state index is 0.128. The summed E-state index contributed by atoms with van der Waals surface area (Å²) in [7, 11) is 1.60. The van der Waals surface area contributed by atoms with E-state index in [0.717, 1.165) is 21.5 Å². The smallest absolute Gasteiger partial charge is 0.303 e. The number of fused-ring (bicyclic) bond motifs is 1. The second-order valence-electron chi connectivity index (χ2n) is 4.11. The first-order valence-corrected chi connectivity index (χ1v) is 6.62. The highest BCUT2D eigenvalue weighted by atomic mass is 79.9. The Kier molecular flexibility index (Phi) is 4.49. The van der Waals surface area contributed by atoms with Crippen LogP contribution in [0.5, 0.6) is 0 Å². The summed E-state index contributed by atoms with van der Waals surface area (Å²) in [5.74, 6) is -0.0399. The molecule has 0 saturated carbocycles. The topological polar surface area (TPSA) is 77.2 Å². The lowest BCUT2D eigenvalue weighted by molar-refractivity contribution is -0.137. The molecule has 0 unspecified atom stereocenters. The Hall–Kier alpha value is -1.47. The molecule has 0 aliphatic carbocycles. The molecule has 0 atom stereocenters. The van der Waals surface area contributed by atoms with Crippen molar-refractivity contribution in [3.8, 4) is 0 Å². The van der Waals surface area contributed by atoms with E-state index in [4.69, 9.17) is 9.84 Å². The summed E-state index contributed by atoms with van der Waals surface area (Å²) in [6.45, 7) is 0.942. The summed E-state index contributed by atoms with van der Waals surface area (Å²) < 4.78 is 7.89. The van der Waals surface area contributed by atoms with Crippen LogP contribution in [0.4, 0.5) is 0 Å². The average Bonchev–Trinajstić information content (AvgIpc) is 2.66. The number of carboxylic acids is 1. The van der Waals surface area contributed by atoms with Gasteiger partial charge in [-0.05, 0) is 28.4 Å². The molecule has 2 heterocycles. The lowest BCUT2D eigenvalue weighted by atomic mass is 10.3. The van der Waals surface area contributed by atoms with Gasteiger partial charge < -0.3 is 14.4 Å². The highest BCUT2D eigenvalue weighted by molar-refractivity contribution is 9.10. The predicted octanol–water partition coefficient (Wildman–Crippen LogP) is 2.20. The molecular formula is C12H14BrN3O3. The molecule has 7 heteroatoms. The van der Waals surface area contributed by atoms with Gasteiger partial charge in [-0.25, -0.2) is 9.97 Å². The maximum absolute atomic E-state index is 10.6. The fourth-order valence-electron chi connectivity index (χ4n) is 1.90. The Balaban J connectivity index is 2.31. The number of hydrogen-bond acceptors (Lipinski definition) is 4. The molecule has 0 aliphatic heterocycles. The SMILES string of the molecule is COCc1nc2cc(Br)cnc2n1CCCC(=O)O. The molecule has 0 aliphatic rings. The van der Waals surface area contributed by atoms with Crippen molar-refractivity contribution in [2.24, 2.45) is 0 Å². The molecule has 0 spiro atoms. The number of methoxy groups -OCH3 is 1. The molecule has 2 rings (SSSR count). The third-order valence-electron chi connectivity index (χ3n) is 2.68. The van der Waals surface area contributed by atoms with Crippen molar-refractivity contribution in [3.05, 3.63) is 22.6 Å². The zero-order valence-corrected chi connectivity index (χ0v) is 12.1. The number of nitrogens with zero attached hydrogens (tertiary/aromatic N) is 3. The molecule has 0 aromatic carbocycles. The number of aliphatic carboxylic acids is 1. The number of hydrogen-bond donors (Lipinski definition) is 1. The standard InChI is InChI=1S/C12H14BrN3O3/c1-19-7-10-15-9-5-8(13)6-14-12(9)16(10)4-2-3-11(17)18/h5-6H,2-4,7H2,1H3,(H,17,18). The Labute approximate surface area is 118 Å². The fraction of sp³-hybridized carbons (Fsp3) is 0.417. The summed E-state index contributed by atoms with van der Waals surface area (Å²) in [5.41, 5.74) is 1.53. The van der Waals surface area contributed by atoms with Crippen LogP contribution in [0, 0.1) is 0 Å². The van der Waals surface area contributed by atoms with Crippen molar-refractivity contribution >= 4 is 33.1 Å². The largest absolute Gasteiger partial charge is 0.481 e. The van der Waals surface area contributed by atoms with E-state index < -0.39 is 5.97 Å². The van der Waals surface area contributed by atoms with Crippen LogP contribution in [-0.4, -0.2) is 32.7 Å². The molecule has 0 bridgehead atoms. The lowest BCUT2D eigenvalue weighted by Gasteiger charge is -2.06. The van der Waals surface area contributed by atoms with Gasteiger partial charge in [0.1, 0.15) is 17.9 Å². The summed E-state index contributed by atoms with van der Waals surface area (Å²) >= 11 is 3.36. The minimum Gasteiger partial charge on any atom is -0.481 e. The monoisotopic (exact) mass is 327 g/mol. The van der Waals surface area contributed by atoms with Crippen LogP contribution < -0.4 is 0 Å². The number of pyridine rings is 1. The van der Waals surface area contributed by atoms with Gasteiger partial charge in [0.25, 0.3) is 0 Å². The first-order valence-electron chi connectivity index (χ1n) is 5.83. The van der Waals surface area contributed by atoms with Crippen molar-refractivity contribution in [3.63, 3.8) is 0 Å². The Bertz CT molecular complexity index is 597. The highest BCUT2D eigenvalue weighted by Crippen LogP contribution is 2.19. The molecule has 0 radical (unpaired) electrons. The van der Waals surface area contributed by atoms with Crippen LogP contribution in [0.1, 0.15) is 18.7 Å². The number of halogens is 1. The first kappa shape index (κ1) is 14.0. The van der Waals surface area contributed by atoms with Gasteiger partial charge in [-0.15, -0.1) is 0 Å². The average molecular weight is 328 g/mol. The van der Waals surface area contributed by atoms with Crippen LogP contribution in [0.2, 0.25) is 0 Å². The van der Waals surface area contributed by atoms with Gasteiger partial charge in [0.05, 0.1) is 0 Å². The van der Waals surface area contributed by atoms with E-state index in [0.29, 0.717) is 19.6 Å². The van der Waals surface area contributed by atoms with Crippen LogP contribution in [0.15, 0.2) is 16.7 Å². The maximum Gasteiger partial charge on any atom is 0.303 e. The second kappa shape index (κ2) is 6.12. The van der Waals surface area contributed by atoms with E-state index >= 15 is 0 Å². The van der Waals surface area contributed by atoms with Gasteiger partial charge in [0.15, 0.2) is 5.65 Å². The van der Waals surface area contributed by atoms with E-state index in [1.165, 1.54) is 0 Å². The number of aromatic nitrogens is 3. The number of aryl methyl sites for hydroxylation is 1. The third-order valence-corrected chi connectivity index (χ3v) is 3.11. The van der Waals surface area contributed by atoms with Gasteiger partial charge in [-0.3, -0.25) is 4.79 Å². The van der Waals surface area contributed by atoms with Crippen LogP contribution in [-0.2, 0) is 22.7 Å². The van der Waals surface area contributed by atoms with Crippen molar-refractivity contribution < 1.29 is 14.6 Å². The molecule has 1 N–H and O–H groups in total. The summed E-state index contributed by atoms with van der Waals surface area (Å²) in [5, 5.41) is 8.69. The summed E-state index contributed by atoms with van der Waals surface area (Å²) in [6, 6.07) is 1.88. The molecular weight excluding hydrogens is 314 g/mol. The Morgan fingerprint density at radius 1 is 1.58 bits per heavy atom. The zero-order valence-electron chi connectivity index (χ0n) is 10.5. The van der Waals surface area contributed by atoms with E-state index in [2.05, 4.69) is 25.9 Å². The van der Waals surface area contributed by atoms with E-state index in [9.17, 15) is 4.79 Å². The quantitative estimate of drug-likeness (QED) is 0.880. The minimum atomic E-state index is -0.798. The summed E-state index contributed by atoms with van der Waals surface area (Å²) in [6.07, 6.45) is 2.37. The van der Waals surface area contributed by atoms with Crippen molar-refractivity contribution in [1.82, 2.24) is 14.5 Å². The number of imidazole rings is 1. The van der Waals surface area contributed by atoms with E-state index in [1.54, 1.807) is 13.3 Å². The van der Waals surface area contributed by atoms with Crippen molar-refractivity contribution in [1.29, 1.82) is 0 Å². The van der Waals surface area contributed by atoms with E-state index in [1.807, 2.05) is 10.6 Å². The zero-order chi connectivity index (χ0) is 13.8. The number of carbonyl (C=O) groups is 1. The second-order valence-corrected chi connectivity index (χ2v) is 5.02. The number of ether oxygens (including phenoxy) is 1. The van der Waals surface area contributed by atoms with E-state index in [-0.39, 0.29) is 6.42 Å². The Morgan fingerprint density at radius 2 is 2.37 bits per heavy atom. The summed E-state index contributed by atoms with van der Waals surface area (Å²) in [4.78, 5) is 19.4. The maximum atomic E-state index is 10.6. The van der Waals surface area contributed by atoms with Gasteiger partial charge in [-0.1, -0.05) is 0 Å². The number of carboxylic acid groups (broad SMARTS) is 1. The molecule has 102 valence electrons. The number of rotatable bonds is 6. The van der Waals surface area contributed by atoms with Crippen molar-refractivity contribution in [2.75, 3.05) is 7.11 Å². The molecule has 0 amide bonds. The van der Waals surface area contributed by atoms with Gasteiger partial charge in [0.2, 0.25) is 0 Å². The Morgan fingerprint density at radius 3 is 3.05 bits per heavy atom. The molecule has 6 nitrogen and oxygen atoms in total. The molecule has 0 fully saturated rings. The van der Waals surface area contributed by atoms with Crippen molar-refractivity contribution in [2.45, 2.75) is 26.0 Å². The predicted molar refractivity (Wildman–Crippen MR) is 72.8 cm³/mol. The molecule has 2 aromatic rings. The van der Waals surface area contributed by atoms with Gasteiger partial charge in [0, 0.05) is 30.7 Å². The highest BCUT2D eigenvalue weighted by Gasteiger charge is 2.12. The molecule has 0 saturated heterocycles. The van der Waals surface area contributed by atoms with Crippen LogP contribution in [0.25, 0.3) is 11.2 Å². The van der Waals surface area contributed by atoms with Crippen LogP contribution in [0.3, 0.4) is 0 Å². The lowest BCUT2D eigenvalue weighted by Crippen LogP contribution is -2.07.